The highest BCUT2D eigenvalue weighted by atomic mass is 32.2. The number of aryl methyl sites for hydroxylation is 1. The molecule has 1 fully saturated rings. The highest BCUT2D eigenvalue weighted by Gasteiger charge is 2.44. The SMILES string of the molecule is Cc1nc(-c2ccc(S(=O)(=O)N3CCC(C)(C(=O)O)C3)cc2)co1. The molecule has 128 valence electrons. The monoisotopic (exact) mass is 350 g/mol. The van der Waals surface area contributed by atoms with Gasteiger partial charge in [-0.15, -0.1) is 0 Å². The summed E-state index contributed by atoms with van der Waals surface area (Å²) in [7, 11) is -3.71. The van der Waals surface area contributed by atoms with Crippen molar-refractivity contribution in [2.45, 2.75) is 25.2 Å². The van der Waals surface area contributed by atoms with Crippen molar-refractivity contribution in [2.24, 2.45) is 5.41 Å². The lowest BCUT2D eigenvalue weighted by molar-refractivity contribution is -0.146. The molecule has 0 spiro atoms. The van der Waals surface area contributed by atoms with Crippen molar-refractivity contribution >= 4 is 16.0 Å². The van der Waals surface area contributed by atoms with Crippen LogP contribution >= 0.6 is 0 Å². The van der Waals surface area contributed by atoms with E-state index in [4.69, 9.17) is 4.42 Å². The van der Waals surface area contributed by atoms with Crippen LogP contribution in [0.25, 0.3) is 11.3 Å². The summed E-state index contributed by atoms with van der Waals surface area (Å²) in [4.78, 5) is 15.6. The maximum absolute atomic E-state index is 12.7. The van der Waals surface area contributed by atoms with Crippen LogP contribution in [-0.4, -0.2) is 41.9 Å². The zero-order valence-corrected chi connectivity index (χ0v) is 14.2. The van der Waals surface area contributed by atoms with Crippen LogP contribution in [0, 0.1) is 12.3 Å². The fourth-order valence-electron chi connectivity index (χ4n) is 2.74. The van der Waals surface area contributed by atoms with E-state index in [0.29, 0.717) is 18.0 Å². The maximum atomic E-state index is 12.7. The Balaban J connectivity index is 1.84. The highest BCUT2D eigenvalue weighted by Crippen LogP contribution is 2.34. The summed E-state index contributed by atoms with van der Waals surface area (Å²) in [5.41, 5.74) is 0.351. The van der Waals surface area contributed by atoms with Gasteiger partial charge in [-0.25, -0.2) is 13.4 Å². The number of hydrogen-bond acceptors (Lipinski definition) is 5. The Morgan fingerprint density at radius 2 is 2.00 bits per heavy atom. The Kier molecular flexibility index (Phi) is 3.97. The number of aromatic nitrogens is 1. The third kappa shape index (κ3) is 2.83. The third-order valence-electron chi connectivity index (χ3n) is 4.36. The van der Waals surface area contributed by atoms with Crippen LogP contribution in [0.5, 0.6) is 0 Å². The average molecular weight is 350 g/mol. The van der Waals surface area contributed by atoms with E-state index in [-0.39, 0.29) is 18.0 Å². The van der Waals surface area contributed by atoms with E-state index in [2.05, 4.69) is 4.98 Å². The van der Waals surface area contributed by atoms with Gasteiger partial charge in [-0.1, -0.05) is 12.1 Å². The highest BCUT2D eigenvalue weighted by molar-refractivity contribution is 7.89. The van der Waals surface area contributed by atoms with E-state index in [1.54, 1.807) is 26.0 Å². The van der Waals surface area contributed by atoms with Crippen LogP contribution in [-0.2, 0) is 14.8 Å². The zero-order chi connectivity index (χ0) is 17.5. The Labute approximate surface area is 140 Å². The predicted octanol–water partition coefficient (Wildman–Crippen LogP) is 2.14. The van der Waals surface area contributed by atoms with E-state index in [0.717, 1.165) is 5.56 Å². The second-order valence-electron chi connectivity index (χ2n) is 6.23. The van der Waals surface area contributed by atoms with Gasteiger partial charge in [-0.3, -0.25) is 4.79 Å². The van der Waals surface area contributed by atoms with Gasteiger partial charge in [0.2, 0.25) is 10.0 Å². The molecule has 0 aliphatic carbocycles. The molecular weight excluding hydrogens is 332 g/mol. The molecule has 24 heavy (non-hydrogen) atoms. The second-order valence-corrected chi connectivity index (χ2v) is 8.17. The molecule has 2 heterocycles. The summed E-state index contributed by atoms with van der Waals surface area (Å²) in [6.45, 7) is 3.49. The van der Waals surface area contributed by atoms with Crippen LogP contribution in [0.1, 0.15) is 19.2 Å². The molecule has 0 radical (unpaired) electrons. The zero-order valence-electron chi connectivity index (χ0n) is 13.4. The third-order valence-corrected chi connectivity index (χ3v) is 6.22. The topological polar surface area (TPSA) is 101 Å². The van der Waals surface area contributed by atoms with Crippen molar-refractivity contribution in [1.29, 1.82) is 0 Å². The van der Waals surface area contributed by atoms with E-state index < -0.39 is 21.4 Å². The molecule has 3 rings (SSSR count). The molecular formula is C16H18N2O5S. The van der Waals surface area contributed by atoms with Crippen LogP contribution in [0.3, 0.4) is 0 Å². The minimum atomic E-state index is -3.71. The molecule has 1 unspecified atom stereocenters. The van der Waals surface area contributed by atoms with Crippen LogP contribution < -0.4 is 0 Å². The summed E-state index contributed by atoms with van der Waals surface area (Å²) in [6, 6.07) is 6.34. The Hall–Kier alpha value is -2.19. The van der Waals surface area contributed by atoms with E-state index in [9.17, 15) is 18.3 Å². The molecule has 1 saturated heterocycles. The first-order valence-corrected chi connectivity index (χ1v) is 8.92. The van der Waals surface area contributed by atoms with Gasteiger partial charge in [0.1, 0.15) is 12.0 Å². The van der Waals surface area contributed by atoms with Gasteiger partial charge in [0, 0.05) is 25.6 Å². The standard InChI is InChI=1S/C16H18N2O5S/c1-11-17-14(9-23-11)12-3-5-13(6-4-12)24(21,22)18-8-7-16(2,10-18)15(19)20/h3-6,9H,7-8,10H2,1-2H3,(H,19,20). The molecule has 1 atom stereocenters. The molecule has 1 aliphatic rings. The first-order chi connectivity index (χ1) is 11.2. The molecule has 2 aromatic rings. The van der Waals surface area contributed by atoms with E-state index in [1.165, 1.54) is 22.7 Å². The van der Waals surface area contributed by atoms with Gasteiger partial charge in [0.05, 0.1) is 10.3 Å². The Bertz CT molecular complexity index is 872. The number of oxazole rings is 1. The summed E-state index contributed by atoms with van der Waals surface area (Å²) < 4.78 is 31.8. The Morgan fingerprint density at radius 1 is 1.33 bits per heavy atom. The molecule has 1 aromatic carbocycles. The van der Waals surface area contributed by atoms with E-state index in [1.807, 2.05) is 0 Å². The van der Waals surface area contributed by atoms with Crippen molar-refractivity contribution < 1.29 is 22.7 Å². The number of carboxylic acids is 1. The largest absolute Gasteiger partial charge is 0.481 e. The number of rotatable bonds is 4. The first-order valence-electron chi connectivity index (χ1n) is 7.48. The Morgan fingerprint density at radius 3 is 2.50 bits per heavy atom. The number of carboxylic acid groups (broad SMARTS) is 1. The van der Waals surface area contributed by atoms with Crippen molar-refractivity contribution in [1.82, 2.24) is 9.29 Å². The van der Waals surface area contributed by atoms with Crippen molar-refractivity contribution in [2.75, 3.05) is 13.1 Å². The summed E-state index contributed by atoms with van der Waals surface area (Å²) >= 11 is 0. The molecule has 0 saturated carbocycles. The van der Waals surface area contributed by atoms with Crippen molar-refractivity contribution in [3.63, 3.8) is 0 Å². The summed E-state index contributed by atoms with van der Waals surface area (Å²) in [5, 5.41) is 9.25. The summed E-state index contributed by atoms with van der Waals surface area (Å²) in [5.74, 6) is -0.441. The molecule has 1 aromatic heterocycles. The minimum Gasteiger partial charge on any atom is -0.481 e. The van der Waals surface area contributed by atoms with Gasteiger partial charge in [-0.2, -0.15) is 4.31 Å². The van der Waals surface area contributed by atoms with Crippen LogP contribution in [0.4, 0.5) is 0 Å². The van der Waals surface area contributed by atoms with E-state index >= 15 is 0 Å². The molecule has 0 bridgehead atoms. The normalized spacial score (nSPS) is 21.9. The molecule has 1 N–H and O–H groups in total. The number of aliphatic carboxylic acids is 1. The average Bonchev–Trinajstić information content (AvgIpc) is 3.15. The molecule has 0 amide bonds. The van der Waals surface area contributed by atoms with Gasteiger partial charge in [0.15, 0.2) is 5.89 Å². The number of sulfonamides is 1. The van der Waals surface area contributed by atoms with Crippen molar-refractivity contribution in [3.8, 4) is 11.3 Å². The number of hydrogen-bond donors (Lipinski definition) is 1. The quantitative estimate of drug-likeness (QED) is 0.906. The molecule has 7 nitrogen and oxygen atoms in total. The predicted molar refractivity (Wildman–Crippen MR) is 85.8 cm³/mol. The fraction of sp³-hybridized carbons (Fsp3) is 0.375. The summed E-state index contributed by atoms with van der Waals surface area (Å²) in [6.07, 6.45) is 1.81. The number of nitrogens with zero attached hydrogens (tertiary/aromatic N) is 2. The van der Waals surface area contributed by atoms with Crippen molar-refractivity contribution in [3.05, 3.63) is 36.4 Å². The molecule has 8 heteroatoms. The van der Waals surface area contributed by atoms with Gasteiger partial charge in [-0.05, 0) is 25.5 Å². The van der Waals surface area contributed by atoms with Crippen LogP contribution in [0.15, 0.2) is 39.8 Å². The first kappa shape index (κ1) is 16.7. The second kappa shape index (κ2) is 5.71. The number of benzene rings is 1. The minimum absolute atomic E-state index is 0.0189. The van der Waals surface area contributed by atoms with Gasteiger partial charge in [0.25, 0.3) is 0 Å². The lowest BCUT2D eigenvalue weighted by atomic mass is 9.90. The smallest absolute Gasteiger partial charge is 0.310 e. The fourth-order valence-corrected chi connectivity index (χ4v) is 4.31. The van der Waals surface area contributed by atoms with Gasteiger partial charge < -0.3 is 9.52 Å². The lowest BCUT2D eigenvalue weighted by Gasteiger charge is -2.20. The van der Waals surface area contributed by atoms with Gasteiger partial charge >= 0.3 is 5.97 Å². The van der Waals surface area contributed by atoms with Crippen LogP contribution in [0.2, 0.25) is 0 Å². The molecule has 1 aliphatic heterocycles. The lowest BCUT2D eigenvalue weighted by Crippen LogP contribution is -2.34. The maximum Gasteiger partial charge on any atom is 0.310 e. The number of carbonyl (C=O) groups is 1.